The van der Waals surface area contributed by atoms with Gasteiger partial charge in [-0.05, 0) is 32.4 Å². The van der Waals surface area contributed by atoms with E-state index in [1.165, 1.54) is 12.0 Å². The second-order valence-electron chi connectivity index (χ2n) is 5.72. The van der Waals surface area contributed by atoms with E-state index in [4.69, 9.17) is 4.52 Å². The molecule has 1 aliphatic heterocycles. The van der Waals surface area contributed by atoms with Crippen molar-refractivity contribution in [2.45, 2.75) is 45.7 Å². The normalized spacial score (nSPS) is 19.2. The van der Waals surface area contributed by atoms with Crippen LogP contribution in [0, 0.1) is 6.92 Å². The van der Waals surface area contributed by atoms with Crippen LogP contribution in [0.25, 0.3) is 0 Å². The second-order valence-corrected chi connectivity index (χ2v) is 5.72. The maximum atomic E-state index is 9.99. The molecule has 0 aliphatic carbocycles. The number of rotatable bonds is 4. The van der Waals surface area contributed by atoms with Crippen LogP contribution in [0.15, 0.2) is 28.8 Å². The van der Waals surface area contributed by atoms with Crippen molar-refractivity contribution in [3.63, 3.8) is 0 Å². The molecule has 1 saturated heterocycles. The number of para-hydroxylation sites is 1. The van der Waals surface area contributed by atoms with Gasteiger partial charge in [-0.25, -0.2) is 0 Å². The summed E-state index contributed by atoms with van der Waals surface area (Å²) < 4.78 is 5.45. The van der Waals surface area contributed by atoms with Crippen molar-refractivity contribution in [2.24, 2.45) is 0 Å². The zero-order valence-corrected chi connectivity index (χ0v) is 12.7. The number of hydrogen-bond acceptors (Lipinski definition) is 4. The van der Waals surface area contributed by atoms with Gasteiger partial charge in [-0.3, -0.25) is 4.90 Å². The highest BCUT2D eigenvalue weighted by Crippen LogP contribution is 2.37. The fourth-order valence-corrected chi connectivity index (χ4v) is 3.31. The maximum absolute atomic E-state index is 9.99. The van der Waals surface area contributed by atoms with Crippen LogP contribution in [0.4, 0.5) is 0 Å². The lowest BCUT2D eigenvalue weighted by Crippen LogP contribution is -2.23. The lowest BCUT2D eigenvalue weighted by atomic mass is 10.0. The number of nitrogens with zero attached hydrogens (tertiary/aromatic N) is 2. The smallest absolute Gasteiger partial charge is 0.141 e. The Morgan fingerprint density at radius 2 is 2.19 bits per heavy atom. The van der Waals surface area contributed by atoms with Crippen LogP contribution >= 0.6 is 0 Å². The first-order valence-electron chi connectivity index (χ1n) is 7.66. The average Bonchev–Trinajstić information content (AvgIpc) is 3.07. The average molecular weight is 286 g/mol. The number of phenols is 1. The lowest BCUT2D eigenvalue weighted by molar-refractivity contribution is 0.242. The number of aromatic nitrogens is 1. The van der Waals surface area contributed by atoms with Gasteiger partial charge >= 0.3 is 0 Å². The van der Waals surface area contributed by atoms with E-state index >= 15 is 0 Å². The molecule has 21 heavy (non-hydrogen) atoms. The molecule has 1 fully saturated rings. The van der Waals surface area contributed by atoms with Crippen molar-refractivity contribution in [3.8, 4) is 5.75 Å². The number of phenolic OH excluding ortho intramolecular Hbond substituents is 1. The van der Waals surface area contributed by atoms with Gasteiger partial charge in [-0.2, -0.15) is 0 Å². The van der Waals surface area contributed by atoms with Crippen molar-refractivity contribution in [3.05, 3.63) is 46.8 Å². The standard InChI is InChI=1S/C17H22N2O2/c1-3-16-17(12(2)18-21-16)14-8-6-10-19(14)11-13-7-4-5-9-15(13)20/h4-5,7,9,14,20H,3,6,8,10-11H2,1-2H3. The molecule has 4 heteroatoms. The molecule has 1 N–H and O–H groups in total. The Labute approximate surface area is 125 Å². The van der Waals surface area contributed by atoms with E-state index in [1.54, 1.807) is 6.07 Å². The fraction of sp³-hybridized carbons (Fsp3) is 0.471. The van der Waals surface area contributed by atoms with Crippen LogP contribution in [0.2, 0.25) is 0 Å². The highest BCUT2D eigenvalue weighted by Gasteiger charge is 2.31. The van der Waals surface area contributed by atoms with Gasteiger partial charge in [0.25, 0.3) is 0 Å². The molecule has 0 radical (unpaired) electrons. The van der Waals surface area contributed by atoms with Crippen molar-refractivity contribution in [1.82, 2.24) is 10.1 Å². The summed E-state index contributed by atoms with van der Waals surface area (Å²) in [6, 6.07) is 7.93. The molecule has 0 bridgehead atoms. The summed E-state index contributed by atoms with van der Waals surface area (Å²) in [5.74, 6) is 1.38. The molecular formula is C17H22N2O2. The minimum atomic E-state index is 0.353. The van der Waals surface area contributed by atoms with Crippen LogP contribution in [0.5, 0.6) is 5.75 Å². The zero-order chi connectivity index (χ0) is 14.8. The monoisotopic (exact) mass is 286 g/mol. The Morgan fingerprint density at radius 1 is 1.38 bits per heavy atom. The molecule has 0 saturated carbocycles. The number of likely N-dealkylation sites (tertiary alicyclic amines) is 1. The summed E-state index contributed by atoms with van der Waals surface area (Å²) in [5, 5.41) is 14.1. The van der Waals surface area contributed by atoms with Crippen molar-refractivity contribution < 1.29 is 9.63 Å². The second kappa shape index (κ2) is 5.90. The van der Waals surface area contributed by atoms with Gasteiger partial charge in [-0.15, -0.1) is 0 Å². The number of hydrogen-bond donors (Lipinski definition) is 1. The first-order valence-corrected chi connectivity index (χ1v) is 7.66. The van der Waals surface area contributed by atoms with E-state index in [-0.39, 0.29) is 0 Å². The van der Waals surface area contributed by atoms with Crippen LogP contribution in [-0.4, -0.2) is 21.7 Å². The SMILES string of the molecule is CCc1onc(C)c1C1CCCN1Cc1ccccc1O. The van der Waals surface area contributed by atoms with Crippen LogP contribution in [0.3, 0.4) is 0 Å². The third-order valence-electron chi connectivity index (χ3n) is 4.37. The van der Waals surface area contributed by atoms with Crippen LogP contribution in [0.1, 0.15) is 48.4 Å². The molecule has 0 spiro atoms. The fourth-order valence-electron chi connectivity index (χ4n) is 3.31. The van der Waals surface area contributed by atoms with Crippen molar-refractivity contribution >= 4 is 0 Å². The van der Waals surface area contributed by atoms with Gasteiger partial charge in [0.05, 0.1) is 5.69 Å². The van der Waals surface area contributed by atoms with E-state index in [9.17, 15) is 5.11 Å². The number of aryl methyl sites for hydroxylation is 2. The zero-order valence-electron chi connectivity index (χ0n) is 12.7. The van der Waals surface area contributed by atoms with E-state index in [0.717, 1.165) is 42.9 Å². The molecule has 1 aromatic carbocycles. The molecule has 2 heterocycles. The Bertz CT molecular complexity index is 621. The van der Waals surface area contributed by atoms with Gasteiger partial charge in [0, 0.05) is 30.1 Å². The highest BCUT2D eigenvalue weighted by molar-refractivity contribution is 5.33. The van der Waals surface area contributed by atoms with E-state index < -0.39 is 0 Å². The molecule has 1 aliphatic rings. The Morgan fingerprint density at radius 3 is 2.95 bits per heavy atom. The molecule has 4 nitrogen and oxygen atoms in total. The number of benzene rings is 1. The topological polar surface area (TPSA) is 49.5 Å². The summed E-state index contributed by atoms with van der Waals surface area (Å²) in [4.78, 5) is 2.42. The Balaban J connectivity index is 1.86. The summed E-state index contributed by atoms with van der Waals surface area (Å²) in [6.45, 7) is 5.94. The summed E-state index contributed by atoms with van der Waals surface area (Å²) in [5.41, 5.74) is 3.24. The molecule has 1 unspecified atom stereocenters. The molecule has 2 aromatic rings. The Hall–Kier alpha value is -1.81. The molecule has 1 atom stereocenters. The quantitative estimate of drug-likeness (QED) is 0.933. The lowest BCUT2D eigenvalue weighted by Gasteiger charge is -2.25. The van der Waals surface area contributed by atoms with Gasteiger partial charge in [0.15, 0.2) is 0 Å². The van der Waals surface area contributed by atoms with E-state index in [0.29, 0.717) is 11.8 Å². The summed E-state index contributed by atoms with van der Waals surface area (Å²) >= 11 is 0. The van der Waals surface area contributed by atoms with Crippen LogP contribution < -0.4 is 0 Å². The first kappa shape index (κ1) is 14.1. The molecule has 0 amide bonds. The van der Waals surface area contributed by atoms with E-state index in [2.05, 4.69) is 17.0 Å². The Kier molecular flexibility index (Phi) is 3.97. The van der Waals surface area contributed by atoms with Gasteiger partial charge < -0.3 is 9.63 Å². The predicted molar refractivity (Wildman–Crippen MR) is 81.1 cm³/mol. The van der Waals surface area contributed by atoms with Gasteiger partial charge in [0.1, 0.15) is 11.5 Å². The van der Waals surface area contributed by atoms with Gasteiger partial charge in [-0.1, -0.05) is 30.3 Å². The summed E-state index contributed by atoms with van der Waals surface area (Å²) in [6.07, 6.45) is 3.17. The first-order chi connectivity index (χ1) is 10.2. The molecule has 1 aromatic heterocycles. The largest absolute Gasteiger partial charge is 0.508 e. The van der Waals surface area contributed by atoms with E-state index in [1.807, 2.05) is 25.1 Å². The van der Waals surface area contributed by atoms with Crippen LogP contribution in [-0.2, 0) is 13.0 Å². The predicted octanol–water partition coefficient (Wildman–Crippen LogP) is 3.59. The minimum absolute atomic E-state index is 0.353. The summed E-state index contributed by atoms with van der Waals surface area (Å²) in [7, 11) is 0. The molecule has 3 rings (SSSR count). The van der Waals surface area contributed by atoms with Gasteiger partial charge in [0.2, 0.25) is 0 Å². The van der Waals surface area contributed by atoms with Crippen molar-refractivity contribution in [2.75, 3.05) is 6.54 Å². The number of aromatic hydroxyl groups is 1. The third kappa shape index (κ3) is 2.68. The third-order valence-corrected chi connectivity index (χ3v) is 4.37. The molecular weight excluding hydrogens is 264 g/mol. The molecule has 112 valence electrons. The highest BCUT2D eigenvalue weighted by atomic mass is 16.5. The maximum Gasteiger partial charge on any atom is 0.141 e. The minimum Gasteiger partial charge on any atom is -0.508 e. The van der Waals surface area contributed by atoms with Crippen molar-refractivity contribution in [1.29, 1.82) is 0 Å².